The summed E-state index contributed by atoms with van der Waals surface area (Å²) >= 11 is 0. The molecule has 0 aliphatic carbocycles. The monoisotopic (exact) mass is 333 g/mol. The lowest BCUT2D eigenvalue weighted by molar-refractivity contribution is 0.0509. The zero-order chi connectivity index (χ0) is 16.9. The van der Waals surface area contributed by atoms with Crippen LogP contribution in [0.2, 0.25) is 0 Å². The molecule has 0 saturated carbocycles. The zero-order valence-electron chi connectivity index (χ0n) is 14.5. The van der Waals surface area contributed by atoms with E-state index in [2.05, 4.69) is 40.9 Å². The second kappa shape index (κ2) is 7.85. The summed E-state index contributed by atoms with van der Waals surface area (Å²) in [5.41, 5.74) is 1.92. The lowest BCUT2D eigenvalue weighted by Gasteiger charge is -2.37. The van der Waals surface area contributed by atoms with Gasteiger partial charge in [0.05, 0.1) is 24.1 Å². The molecule has 3 rings (SSSR count). The molecule has 0 aromatic heterocycles. The molecule has 0 spiro atoms. The number of hydrogen-bond donors (Lipinski definition) is 1. The molecule has 0 amide bonds. The van der Waals surface area contributed by atoms with Gasteiger partial charge in [0, 0.05) is 39.1 Å². The minimum Gasteiger partial charge on any atom is -0.489 e. The van der Waals surface area contributed by atoms with Crippen LogP contribution in [-0.2, 0) is 4.84 Å². The summed E-state index contributed by atoms with van der Waals surface area (Å²) in [6.45, 7) is 8.90. The van der Waals surface area contributed by atoms with Crippen LogP contribution >= 0.6 is 0 Å². The fourth-order valence-corrected chi connectivity index (χ4v) is 3.21. The standard InChI is InChI=1S/C18H27N3O3/c1-14(2)23-18-6-4-3-5-17(18)21-9-7-20(8-10-21)12-16-11-15(13-22)19-24-16/h3-6,14,16,22H,7-13H2,1-2H3. The Morgan fingerprint density at radius 3 is 2.67 bits per heavy atom. The van der Waals surface area contributed by atoms with Crippen LogP contribution in [0.4, 0.5) is 5.69 Å². The van der Waals surface area contributed by atoms with Crippen molar-refractivity contribution in [2.75, 3.05) is 44.2 Å². The highest BCUT2D eigenvalue weighted by atomic mass is 16.6. The van der Waals surface area contributed by atoms with Crippen molar-refractivity contribution in [2.24, 2.45) is 5.16 Å². The Labute approximate surface area is 143 Å². The summed E-state index contributed by atoms with van der Waals surface area (Å²) in [6.07, 6.45) is 0.991. The van der Waals surface area contributed by atoms with Crippen LogP contribution in [0.25, 0.3) is 0 Å². The first kappa shape index (κ1) is 17.0. The zero-order valence-corrected chi connectivity index (χ0v) is 14.5. The van der Waals surface area contributed by atoms with Crippen LogP contribution in [0.1, 0.15) is 20.3 Å². The number of aliphatic hydroxyl groups is 1. The van der Waals surface area contributed by atoms with E-state index in [4.69, 9.17) is 14.7 Å². The average Bonchev–Trinajstić information content (AvgIpc) is 3.03. The van der Waals surface area contributed by atoms with Gasteiger partial charge in [-0.2, -0.15) is 0 Å². The molecule has 1 unspecified atom stereocenters. The van der Waals surface area contributed by atoms with E-state index in [9.17, 15) is 0 Å². The molecule has 2 aliphatic heterocycles. The number of benzene rings is 1. The lowest BCUT2D eigenvalue weighted by atomic mass is 10.1. The molecule has 0 bridgehead atoms. The number of hydrogen-bond acceptors (Lipinski definition) is 6. The van der Waals surface area contributed by atoms with Crippen molar-refractivity contribution in [3.63, 3.8) is 0 Å². The third kappa shape index (κ3) is 4.19. The van der Waals surface area contributed by atoms with Crippen molar-refractivity contribution in [1.82, 2.24) is 4.90 Å². The number of para-hydroxylation sites is 2. The molecular formula is C18H27N3O3. The molecule has 1 saturated heterocycles. The van der Waals surface area contributed by atoms with Gasteiger partial charge in [-0.15, -0.1) is 0 Å². The highest BCUT2D eigenvalue weighted by molar-refractivity contribution is 5.86. The van der Waals surface area contributed by atoms with Crippen molar-refractivity contribution in [3.8, 4) is 5.75 Å². The van der Waals surface area contributed by atoms with Gasteiger partial charge in [-0.25, -0.2) is 0 Å². The maximum Gasteiger partial charge on any atom is 0.145 e. The van der Waals surface area contributed by atoms with Crippen LogP contribution in [0, 0.1) is 0 Å². The topological polar surface area (TPSA) is 57.5 Å². The molecule has 1 aromatic carbocycles. The summed E-state index contributed by atoms with van der Waals surface area (Å²) in [7, 11) is 0. The predicted molar refractivity (Wildman–Crippen MR) is 94.9 cm³/mol. The van der Waals surface area contributed by atoms with Gasteiger partial charge in [-0.3, -0.25) is 4.90 Å². The summed E-state index contributed by atoms with van der Waals surface area (Å²) in [6, 6.07) is 8.26. The molecule has 2 aliphatic rings. The van der Waals surface area contributed by atoms with Gasteiger partial charge in [-0.1, -0.05) is 17.3 Å². The van der Waals surface area contributed by atoms with Gasteiger partial charge in [0.15, 0.2) is 0 Å². The molecule has 0 radical (unpaired) electrons. The number of anilines is 1. The molecule has 1 atom stereocenters. The van der Waals surface area contributed by atoms with Crippen LogP contribution < -0.4 is 9.64 Å². The van der Waals surface area contributed by atoms with E-state index < -0.39 is 0 Å². The number of oxime groups is 1. The average molecular weight is 333 g/mol. The summed E-state index contributed by atoms with van der Waals surface area (Å²) in [5.74, 6) is 0.959. The smallest absolute Gasteiger partial charge is 0.145 e. The van der Waals surface area contributed by atoms with E-state index in [0.717, 1.165) is 50.6 Å². The predicted octanol–water partition coefficient (Wildman–Crippen LogP) is 1.73. The first-order valence-electron chi connectivity index (χ1n) is 8.71. The minimum atomic E-state index is -0.00306. The number of rotatable bonds is 6. The quantitative estimate of drug-likeness (QED) is 0.859. The molecule has 1 aromatic rings. The van der Waals surface area contributed by atoms with E-state index in [1.807, 2.05) is 12.1 Å². The first-order chi connectivity index (χ1) is 11.7. The van der Waals surface area contributed by atoms with Gasteiger partial charge in [-0.05, 0) is 26.0 Å². The van der Waals surface area contributed by atoms with E-state index in [1.165, 1.54) is 5.69 Å². The highest BCUT2D eigenvalue weighted by Gasteiger charge is 2.26. The Balaban J connectivity index is 1.52. The third-order valence-corrected chi connectivity index (χ3v) is 4.38. The normalized spacial score (nSPS) is 21.8. The van der Waals surface area contributed by atoms with Crippen LogP contribution in [0.5, 0.6) is 5.75 Å². The van der Waals surface area contributed by atoms with Crippen molar-refractivity contribution >= 4 is 11.4 Å². The fraction of sp³-hybridized carbons (Fsp3) is 0.611. The van der Waals surface area contributed by atoms with Gasteiger partial charge in [0.2, 0.25) is 0 Å². The van der Waals surface area contributed by atoms with E-state index in [-0.39, 0.29) is 18.8 Å². The Morgan fingerprint density at radius 1 is 1.25 bits per heavy atom. The number of nitrogens with zero attached hydrogens (tertiary/aromatic N) is 3. The van der Waals surface area contributed by atoms with E-state index in [0.29, 0.717) is 0 Å². The number of ether oxygens (including phenoxy) is 1. The minimum absolute atomic E-state index is 0.00306. The van der Waals surface area contributed by atoms with Crippen molar-refractivity contribution < 1.29 is 14.7 Å². The fourth-order valence-electron chi connectivity index (χ4n) is 3.21. The molecule has 6 heteroatoms. The van der Waals surface area contributed by atoms with E-state index >= 15 is 0 Å². The van der Waals surface area contributed by atoms with Crippen molar-refractivity contribution in [2.45, 2.75) is 32.5 Å². The molecule has 1 fully saturated rings. The maximum atomic E-state index is 9.10. The van der Waals surface area contributed by atoms with Gasteiger partial charge < -0.3 is 19.6 Å². The maximum absolute atomic E-state index is 9.10. The molecule has 6 nitrogen and oxygen atoms in total. The lowest BCUT2D eigenvalue weighted by Crippen LogP contribution is -2.48. The summed E-state index contributed by atoms with van der Waals surface area (Å²) < 4.78 is 5.94. The van der Waals surface area contributed by atoms with E-state index in [1.54, 1.807) is 0 Å². The van der Waals surface area contributed by atoms with Crippen molar-refractivity contribution in [1.29, 1.82) is 0 Å². The van der Waals surface area contributed by atoms with Crippen LogP contribution in [0.15, 0.2) is 29.4 Å². The molecule has 1 N–H and O–H groups in total. The molecule has 24 heavy (non-hydrogen) atoms. The third-order valence-electron chi connectivity index (χ3n) is 4.38. The first-order valence-corrected chi connectivity index (χ1v) is 8.71. The second-order valence-electron chi connectivity index (χ2n) is 6.67. The molecule has 2 heterocycles. The Kier molecular flexibility index (Phi) is 5.58. The van der Waals surface area contributed by atoms with Crippen molar-refractivity contribution in [3.05, 3.63) is 24.3 Å². The Bertz CT molecular complexity index is 568. The number of aliphatic hydroxyl groups excluding tert-OH is 1. The highest BCUT2D eigenvalue weighted by Crippen LogP contribution is 2.29. The van der Waals surface area contributed by atoms with Gasteiger partial charge in [0.1, 0.15) is 11.9 Å². The largest absolute Gasteiger partial charge is 0.489 e. The van der Waals surface area contributed by atoms with Gasteiger partial charge in [0.25, 0.3) is 0 Å². The van der Waals surface area contributed by atoms with Crippen LogP contribution in [0.3, 0.4) is 0 Å². The number of piperazine rings is 1. The summed E-state index contributed by atoms with van der Waals surface area (Å²) in [4.78, 5) is 10.2. The Morgan fingerprint density at radius 2 is 2.00 bits per heavy atom. The SMILES string of the molecule is CC(C)Oc1ccccc1N1CCN(CC2CC(CO)=NO2)CC1. The summed E-state index contributed by atoms with van der Waals surface area (Å²) in [5, 5.41) is 13.0. The Hall–Kier alpha value is -1.79. The second-order valence-corrected chi connectivity index (χ2v) is 6.67. The molecular weight excluding hydrogens is 306 g/mol. The van der Waals surface area contributed by atoms with Gasteiger partial charge >= 0.3 is 0 Å². The van der Waals surface area contributed by atoms with Crippen LogP contribution in [-0.4, -0.2) is 67.3 Å². The molecule has 132 valence electrons.